The first-order chi connectivity index (χ1) is 12.2. The Labute approximate surface area is 156 Å². The van der Waals surface area contributed by atoms with Gasteiger partial charge in [-0.15, -0.1) is 0 Å². The van der Waals surface area contributed by atoms with Crippen LogP contribution in [0.15, 0.2) is 11.6 Å². The topological polar surface area (TPSA) is 74.6 Å². The average molecular weight is 360 g/mol. The lowest BCUT2D eigenvalue weighted by atomic mass is 9.44. The molecular formula is C22H32O4. The summed E-state index contributed by atoms with van der Waals surface area (Å²) in [6, 6.07) is 0. The van der Waals surface area contributed by atoms with Gasteiger partial charge in [-0.1, -0.05) is 26.3 Å². The number of fused-ring (bicyclic) bond motifs is 5. The maximum Gasteiger partial charge on any atom is 0.190 e. The maximum absolute atomic E-state index is 12.4. The van der Waals surface area contributed by atoms with Gasteiger partial charge < -0.3 is 10.2 Å². The number of rotatable bonds is 2. The molecule has 0 aromatic carbocycles. The zero-order valence-corrected chi connectivity index (χ0v) is 16.3. The van der Waals surface area contributed by atoms with Crippen molar-refractivity contribution in [3.8, 4) is 0 Å². The Hall–Kier alpha value is -1.00. The summed E-state index contributed by atoms with van der Waals surface area (Å²) >= 11 is 0. The second-order valence-electron chi connectivity index (χ2n) is 9.88. The third-order valence-electron chi connectivity index (χ3n) is 9.27. The van der Waals surface area contributed by atoms with E-state index in [1.165, 1.54) is 5.57 Å². The van der Waals surface area contributed by atoms with E-state index in [1.54, 1.807) is 0 Å². The molecule has 0 amide bonds. The van der Waals surface area contributed by atoms with E-state index in [4.69, 9.17) is 0 Å². The molecule has 4 rings (SSSR count). The monoisotopic (exact) mass is 360 g/mol. The number of Topliss-reactive ketones (excluding diaryl/α,β-unsaturated/α-hetero) is 1. The number of allylic oxidation sites excluding steroid dienone is 1. The van der Waals surface area contributed by atoms with Gasteiger partial charge in [0.2, 0.25) is 0 Å². The number of aliphatic hydroxyl groups excluding tert-OH is 1. The lowest BCUT2D eigenvalue weighted by Gasteiger charge is -2.60. The number of carbonyl (C=O) groups excluding carboxylic acids is 2. The minimum absolute atomic E-state index is 0.0693. The van der Waals surface area contributed by atoms with Crippen molar-refractivity contribution in [2.24, 2.45) is 34.5 Å². The number of aliphatic hydroxyl groups is 2. The van der Waals surface area contributed by atoms with Crippen molar-refractivity contribution in [3.05, 3.63) is 11.6 Å². The Morgan fingerprint density at radius 3 is 2.58 bits per heavy atom. The first-order valence-corrected chi connectivity index (χ1v) is 10.3. The van der Waals surface area contributed by atoms with Gasteiger partial charge in [0, 0.05) is 11.8 Å². The molecule has 0 saturated heterocycles. The van der Waals surface area contributed by atoms with E-state index < -0.39 is 23.4 Å². The lowest BCUT2D eigenvalue weighted by Crippen LogP contribution is -2.58. The average Bonchev–Trinajstić information content (AvgIpc) is 2.88. The summed E-state index contributed by atoms with van der Waals surface area (Å²) in [6.07, 6.45) is 7.73. The Kier molecular flexibility index (Phi) is 4.06. The minimum atomic E-state index is -1.37. The second kappa shape index (κ2) is 5.75. The van der Waals surface area contributed by atoms with Gasteiger partial charge in [-0.2, -0.15) is 0 Å². The van der Waals surface area contributed by atoms with E-state index in [9.17, 15) is 19.8 Å². The van der Waals surface area contributed by atoms with Crippen LogP contribution in [-0.2, 0) is 9.59 Å². The van der Waals surface area contributed by atoms with Crippen molar-refractivity contribution in [2.45, 2.75) is 71.3 Å². The van der Waals surface area contributed by atoms with Crippen LogP contribution in [0.2, 0.25) is 0 Å². The highest BCUT2D eigenvalue weighted by Crippen LogP contribution is 2.68. The van der Waals surface area contributed by atoms with Gasteiger partial charge in [-0.05, 0) is 73.7 Å². The molecule has 0 aromatic heterocycles. The normalized spacial score (nSPS) is 50.5. The van der Waals surface area contributed by atoms with Crippen LogP contribution >= 0.6 is 0 Å². The molecule has 144 valence electrons. The largest absolute Gasteiger partial charge is 0.388 e. The van der Waals surface area contributed by atoms with E-state index in [0.717, 1.165) is 32.1 Å². The summed E-state index contributed by atoms with van der Waals surface area (Å²) < 4.78 is 0. The molecule has 0 spiro atoms. The van der Waals surface area contributed by atoms with Crippen LogP contribution in [0.5, 0.6) is 0 Å². The Bertz CT molecular complexity index is 682. The summed E-state index contributed by atoms with van der Waals surface area (Å²) in [4.78, 5) is 24.5. The highest BCUT2D eigenvalue weighted by atomic mass is 16.3. The van der Waals surface area contributed by atoms with Gasteiger partial charge in [0.1, 0.15) is 12.2 Å². The summed E-state index contributed by atoms with van der Waals surface area (Å²) in [5.74, 6) is 1.56. The van der Waals surface area contributed by atoms with E-state index in [-0.39, 0.29) is 11.2 Å². The van der Waals surface area contributed by atoms with Gasteiger partial charge in [-0.3, -0.25) is 9.59 Å². The van der Waals surface area contributed by atoms with Gasteiger partial charge in [-0.25, -0.2) is 0 Å². The van der Waals surface area contributed by atoms with Crippen molar-refractivity contribution in [1.29, 1.82) is 0 Å². The summed E-state index contributed by atoms with van der Waals surface area (Å²) in [6.45, 7) is 6.09. The highest BCUT2D eigenvalue weighted by Gasteiger charge is 2.66. The van der Waals surface area contributed by atoms with Crippen LogP contribution in [0.3, 0.4) is 0 Å². The molecule has 0 heterocycles. The highest BCUT2D eigenvalue weighted by molar-refractivity contribution is 5.92. The second-order valence-corrected chi connectivity index (χ2v) is 9.88. The molecule has 4 aliphatic carbocycles. The quantitative estimate of drug-likeness (QED) is 0.794. The summed E-state index contributed by atoms with van der Waals surface area (Å²) in [7, 11) is 0. The molecular weight excluding hydrogens is 328 g/mol. The molecule has 2 N–H and O–H groups in total. The predicted molar refractivity (Wildman–Crippen MR) is 98.3 cm³/mol. The third-order valence-corrected chi connectivity index (χ3v) is 9.27. The lowest BCUT2D eigenvalue weighted by molar-refractivity contribution is -0.166. The van der Waals surface area contributed by atoms with Crippen LogP contribution in [-0.4, -0.2) is 34.0 Å². The van der Waals surface area contributed by atoms with E-state index in [2.05, 4.69) is 20.8 Å². The molecule has 7 atom stereocenters. The Balaban J connectivity index is 1.71. The first kappa shape index (κ1) is 18.4. The van der Waals surface area contributed by atoms with Crippen molar-refractivity contribution < 1.29 is 19.8 Å². The zero-order valence-electron chi connectivity index (χ0n) is 16.3. The van der Waals surface area contributed by atoms with Crippen molar-refractivity contribution >= 4 is 11.6 Å². The molecule has 0 aromatic rings. The Morgan fingerprint density at radius 1 is 1.19 bits per heavy atom. The third kappa shape index (κ3) is 2.09. The number of carbonyl (C=O) groups is 2. The number of hydrogen-bond acceptors (Lipinski definition) is 4. The fourth-order valence-corrected chi connectivity index (χ4v) is 7.55. The predicted octanol–water partition coefficient (Wildman–Crippen LogP) is 3.06. The minimum Gasteiger partial charge on any atom is -0.388 e. The molecule has 1 unspecified atom stereocenters. The molecule has 4 aliphatic rings. The smallest absolute Gasteiger partial charge is 0.190 e. The molecule has 0 radical (unpaired) electrons. The zero-order chi connectivity index (χ0) is 18.9. The van der Waals surface area contributed by atoms with Gasteiger partial charge in [0.25, 0.3) is 0 Å². The number of ketones is 2. The maximum atomic E-state index is 12.4. The summed E-state index contributed by atoms with van der Waals surface area (Å²) in [5, 5.41) is 20.6. The van der Waals surface area contributed by atoms with Crippen LogP contribution in [0.4, 0.5) is 0 Å². The fraction of sp³-hybridized carbons (Fsp3) is 0.818. The van der Waals surface area contributed by atoms with E-state index in [0.29, 0.717) is 36.5 Å². The molecule has 3 fully saturated rings. The van der Waals surface area contributed by atoms with Crippen molar-refractivity contribution in [3.63, 3.8) is 0 Å². The first-order valence-electron chi connectivity index (χ1n) is 10.3. The molecule has 0 aliphatic heterocycles. The van der Waals surface area contributed by atoms with E-state index >= 15 is 0 Å². The van der Waals surface area contributed by atoms with Crippen LogP contribution in [0.1, 0.15) is 65.7 Å². The Morgan fingerprint density at radius 2 is 1.88 bits per heavy atom. The fourth-order valence-electron chi connectivity index (χ4n) is 7.55. The summed E-state index contributed by atoms with van der Waals surface area (Å²) in [5.41, 5.74) is -0.396. The molecule has 3 saturated carbocycles. The molecule has 4 heteroatoms. The van der Waals surface area contributed by atoms with Crippen LogP contribution < -0.4 is 0 Å². The number of hydrogen-bond donors (Lipinski definition) is 2. The van der Waals surface area contributed by atoms with Gasteiger partial charge in [0.15, 0.2) is 11.6 Å². The molecule has 0 bridgehead atoms. The molecule has 4 nitrogen and oxygen atoms in total. The van der Waals surface area contributed by atoms with Crippen molar-refractivity contribution in [1.82, 2.24) is 0 Å². The van der Waals surface area contributed by atoms with Crippen LogP contribution in [0, 0.1) is 34.5 Å². The van der Waals surface area contributed by atoms with Crippen LogP contribution in [0.25, 0.3) is 0 Å². The van der Waals surface area contributed by atoms with Gasteiger partial charge in [0.05, 0.1) is 0 Å². The molecule has 26 heavy (non-hydrogen) atoms. The van der Waals surface area contributed by atoms with E-state index in [1.807, 2.05) is 6.08 Å². The van der Waals surface area contributed by atoms with Crippen molar-refractivity contribution in [2.75, 3.05) is 6.61 Å². The van der Waals surface area contributed by atoms with Gasteiger partial charge >= 0.3 is 0 Å². The standard InChI is InChI=1S/C22H32O4/c1-13-10-15(24)11-14-4-5-16-17-7-9-22(26,19(25)12-23)20(17,2)8-6-18(16)21(13,14)3/h11,13,16-18,23,26H,4-10,12H2,1-3H3/t13?,16-,17-,18-,20-,21-,22-/m0/s1. The SMILES string of the molecule is CC1CC(=O)C=C2CC[C@H]3[C@@H]4CC[C@](O)(C(=O)CO)[C@@]4(C)CC[C@@H]3[C@]21C.